The Morgan fingerprint density at radius 3 is 2.78 bits per heavy atom. The van der Waals surface area contributed by atoms with Crippen LogP contribution in [-0.4, -0.2) is 24.4 Å². The van der Waals surface area contributed by atoms with Crippen LogP contribution in [0.1, 0.15) is 42.1 Å². The summed E-state index contributed by atoms with van der Waals surface area (Å²) in [6.07, 6.45) is 3.66. The smallest absolute Gasteiger partial charge is 0.176 e. The molecular weight excluding hydrogens is 244 g/mol. The van der Waals surface area contributed by atoms with E-state index in [-0.39, 0.29) is 5.78 Å². The van der Waals surface area contributed by atoms with Gasteiger partial charge in [0, 0.05) is 0 Å². The van der Waals surface area contributed by atoms with Gasteiger partial charge in [-0.15, -0.1) is 0 Å². The van der Waals surface area contributed by atoms with Crippen molar-refractivity contribution in [3.8, 4) is 5.75 Å². The van der Waals surface area contributed by atoms with E-state index in [1.54, 1.807) is 18.9 Å². The summed E-state index contributed by atoms with van der Waals surface area (Å²) in [7, 11) is 1.61. The van der Waals surface area contributed by atoms with Gasteiger partial charge in [0.15, 0.2) is 5.78 Å². The van der Waals surface area contributed by atoms with Crippen LogP contribution >= 0.6 is 11.8 Å². The highest BCUT2D eigenvalue weighted by atomic mass is 32.2. The first-order chi connectivity index (χ1) is 8.69. The highest BCUT2D eigenvalue weighted by molar-refractivity contribution is 7.99. The minimum absolute atomic E-state index is 0.161. The van der Waals surface area contributed by atoms with Crippen molar-refractivity contribution in [2.24, 2.45) is 0 Å². The number of unbranched alkanes of at least 4 members (excludes halogenated alkanes) is 2. The molecular formula is C15H22O2S. The van der Waals surface area contributed by atoms with Crippen LogP contribution in [0.15, 0.2) is 18.2 Å². The van der Waals surface area contributed by atoms with Crippen LogP contribution in [-0.2, 0) is 0 Å². The normalized spacial score (nSPS) is 10.4. The van der Waals surface area contributed by atoms with Gasteiger partial charge < -0.3 is 4.74 Å². The van der Waals surface area contributed by atoms with Gasteiger partial charge in [-0.05, 0) is 36.8 Å². The maximum absolute atomic E-state index is 12.1. The molecule has 0 fully saturated rings. The lowest BCUT2D eigenvalue weighted by Crippen LogP contribution is -2.05. The van der Waals surface area contributed by atoms with Crippen molar-refractivity contribution in [2.45, 2.75) is 33.1 Å². The van der Waals surface area contributed by atoms with Crippen molar-refractivity contribution in [1.82, 2.24) is 0 Å². The van der Waals surface area contributed by atoms with Crippen molar-refractivity contribution in [3.05, 3.63) is 29.3 Å². The number of benzene rings is 1. The molecule has 100 valence electrons. The van der Waals surface area contributed by atoms with Gasteiger partial charge in [-0.25, -0.2) is 0 Å². The highest BCUT2D eigenvalue weighted by Crippen LogP contribution is 2.22. The molecule has 1 aromatic carbocycles. The summed E-state index contributed by atoms with van der Waals surface area (Å²) < 4.78 is 5.26. The SMILES string of the molecule is CCCCCSCC(=O)c1ccc(C)cc1OC. The van der Waals surface area contributed by atoms with Gasteiger partial charge in [0.1, 0.15) is 5.75 Å². The number of ether oxygens (including phenoxy) is 1. The van der Waals surface area contributed by atoms with E-state index in [0.717, 1.165) is 11.3 Å². The fraction of sp³-hybridized carbons (Fsp3) is 0.533. The van der Waals surface area contributed by atoms with Crippen LogP contribution in [0.25, 0.3) is 0 Å². The maximum atomic E-state index is 12.1. The molecule has 0 aliphatic carbocycles. The predicted octanol–water partition coefficient (Wildman–Crippen LogP) is 4.11. The van der Waals surface area contributed by atoms with Gasteiger partial charge in [-0.2, -0.15) is 11.8 Å². The Balaban J connectivity index is 2.51. The van der Waals surface area contributed by atoms with Crippen LogP contribution in [0, 0.1) is 6.92 Å². The summed E-state index contributed by atoms with van der Waals surface area (Å²) in [5.74, 6) is 2.46. The first kappa shape index (κ1) is 15.1. The van der Waals surface area contributed by atoms with Crippen LogP contribution in [0.3, 0.4) is 0 Å². The number of thioether (sulfide) groups is 1. The molecule has 0 bridgehead atoms. The lowest BCUT2D eigenvalue weighted by Gasteiger charge is -2.08. The number of ketones is 1. The van der Waals surface area contributed by atoms with Crippen molar-refractivity contribution in [1.29, 1.82) is 0 Å². The molecule has 0 amide bonds. The molecule has 0 spiro atoms. The molecule has 2 nitrogen and oxygen atoms in total. The lowest BCUT2D eigenvalue weighted by atomic mass is 10.1. The molecule has 0 atom stereocenters. The van der Waals surface area contributed by atoms with Gasteiger partial charge in [0.2, 0.25) is 0 Å². The Morgan fingerprint density at radius 2 is 2.11 bits per heavy atom. The van der Waals surface area contributed by atoms with Crippen LogP contribution in [0.2, 0.25) is 0 Å². The lowest BCUT2D eigenvalue weighted by molar-refractivity contribution is 0.101. The van der Waals surface area contributed by atoms with Gasteiger partial charge in [-0.3, -0.25) is 4.79 Å². The number of Topliss-reactive ketones (excluding diaryl/α,β-unsaturated/α-hetero) is 1. The number of rotatable bonds is 8. The van der Waals surface area contributed by atoms with Crippen LogP contribution < -0.4 is 4.74 Å². The van der Waals surface area contributed by atoms with Gasteiger partial charge in [0.25, 0.3) is 0 Å². The first-order valence-electron chi connectivity index (χ1n) is 6.44. The standard InChI is InChI=1S/C15H22O2S/c1-4-5-6-9-18-11-14(16)13-8-7-12(2)10-15(13)17-3/h7-8,10H,4-6,9,11H2,1-3H3. The van der Waals surface area contributed by atoms with E-state index in [1.807, 2.05) is 25.1 Å². The van der Waals surface area contributed by atoms with E-state index < -0.39 is 0 Å². The topological polar surface area (TPSA) is 26.3 Å². The van der Waals surface area contributed by atoms with E-state index in [9.17, 15) is 4.79 Å². The fourth-order valence-corrected chi connectivity index (χ4v) is 2.62. The minimum Gasteiger partial charge on any atom is -0.496 e. The number of aryl methyl sites for hydroxylation is 1. The third kappa shape index (κ3) is 4.73. The second-order valence-electron chi connectivity index (χ2n) is 4.39. The maximum Gasteiger partial charge on any atom is 0.176 e. The van der Waals surface area contributed by atoms with Gasteiger partial charge >= 0.3 is 0 Å². The summed E-state index contributed by atoms with van der Waals surface area (Å²) in [6.45, 7) is 4.18. The van der Waals surface area contributed by atoms with Crippen LogP contribution in [0.4, 0.5) is 0 Å². The van der Waals surface area contributed by atoms with E-state index in [4.69, 9.17) is 4.74 Å². The molecule has 18 heavy (non-hydrogen) atoms. The van der Waals surface area contributed by atoms with Crippen LogP contribution in [0.5, 0.6) is 5.75 Å². The molecule has 0 radical (unpaired) electrons. The number of hydrogen-bond donors (Lipinski definition) is 0. The molecule has 0 saturated heterocycles. The number of carbonyl (C=O) groups excluding carboxylic acids is 1. The Kier molecular flexibility index (Phi) is 6.88. The largest absolute Gasteiger partial charge is 0.496 e. The molecule has 0 aromatic heterocycles. The van der Waals surface area contributed by atoms with Crippen molar-refractivity contribution < 1.29 is 9.53 Å². The molecule has 0 aliphatic rings. The Hall–Kier alpha value is -0.960. The molecule has 0 unspecified atom stereocenters. The molecule has 0 heterocycles. The molecule has 0 saturated carbocycles. The number of carbonyl (C=O) groups is 1. The summed E-state index contributed by atoms with van der Waals surface area (Å²) in [5, 5.41) is 0. The summed E-state index contributed by atoms with van der Waals surface area (Å²) >= 11 is 1.71. The van der Waals surface area contributed by atoms with Gasteiger partial charge in [-0.1, -0.05) is 25.8 Å². The van der Waals surface area contributed by atoms with Gasteiger partial charge in [0.05, 0.1) is 18.4 Å². The molecule has 1 rings (SSSR count). The van der Waals surface area contributed by atoms with Crippen molar-refractivity contribution >= 4 is 17.5 Å². The number of hydrogen-bond acceptors (Lipinski definition) is 3. The third-order valence-electron chi connectivity index (χ3n) is 2.78. The Labute approximate surface area is 114 Å². The average Bonchev–Trinajstić information content (AvgIpc) is 2.38. The zero-order chi connectivity index (χ0) is 13.4. The fourth-order valence-electron chi connectivity index (χ4n) is 1.73. The summed E-state index contributed by atoms with van der Waals surface area (Å²) in [4.78, 5) is 12.1. The first-order valence-corrected chi connectivity index (χ1v) is 7.60. The zero-order valence-electron chi connectivity index (χ0n) is 11.5. The quantitative estimate of drug-likeness (QED) is 0.523. The predicted molar refractivity (Wildman–Crippen MR) is 78.9 cm³/mol. The van der Waals surface area contributed by atoms with E-state index in [2.05, 4.69) is 6.92 Å². The molecule has 0 N–H and O–H groups in total. The van der Waals surface area contributed by atoms with E-state index in [1.165, 1.54) is 19.3 Å². The Morgan fingerprint density at radius 1 is 1.33 bits per heavy atom. The summed E-state index contributed by atoms with van der Waals surface area (Å²) in [5.41, 5.74) is 1.81. The monoisotopic (exact) mass is 266 g/mol. The second-order valence-corrected chi connectivity index (χ2v) is 5.49. The van der Waals surface area contributed by atoms with E-state index >= 15 is 0 Å². The molecule has 0 aliphatic heterocycles. The van der Waals surface area contributed by atoms with Crippen molar-refractivity contribution in [3.63, 3.8) is 0 Å². The highest BCUT2D eigenvalue weighted by Gasteiger charge is 2.11. The molecule has 1 aromatic rings. The average molecular weight is 266 g/mol. The zero-order valence-corrected chi connectivity index (χ0v) is 12.3. The van der Waals surface area contributed by atoms with E-state index in [0.29, 0.717) is 17.1 Å². The second kappa shape index (κ2) is 8.20. The minimum atomic E-state index is 0.161. The molecule has 3 heteroatoms. The number of methoxy groups -OCH3 is 1. The van der Waals surface area contributed by atoms with Crippen molar-refractivity contribution in [2.75, 3.05) is 18.6 Å². The Bertz CT molecular complexity index is 388. The third-order valence-corrected chi connectivity index (χ3v) is 3.83. The summed E-state index contributed by atoms with van der Waals surface area (Å²) in [6, 6.07) is 5.73.